The molecular weight excluding hydrogens is 487 g/mol. The van der Waals surface area contributed by atoms with E-state index in [4.69, 9.17) is 4.74 Å². The second-order valence-corrected chi connectivity index (χ2v) is 7.96. The molecule has 2 aromatic heterocycles. The van der Waals surface area contributed by atoms with Gasteiger partial charge in [-0.15, -0.1) is 37.2 Å². The Morgan fingerprint density at radius 2 is 1.76 bits per heavy atom. The Morgan fingerprint density at radius 3 is 2.27 bits per heavy atom. The number of benzene rings is 1. The van der Waals surface area contributed by atoms with Crippen molar-refractivity contribution in [3.05, 3.63) is 47.4 Å². The summed E-state index contributed by atoms with van der Waals surface area (Å²) in [4.78, 5) is 21.2. The lowest BCUT2D eigenvalue weighted by atomic mass is 9.96. The van der Waals surface area contributed by atoms with Crippen molar-refractivity contribution in [2.45, 2.75) is 20.0 Å². The molecule has 10 heteroatoms. The van der Waals surface area contributed by atoms with Gasteiger partial charge in [-0.05, 0) is 47.2 Å². The number of hydrogen-bond donors (Lipinski definition) is 1. The third kappa shape index (κ3) is 6.31. The van der Waals surface area contributed by atoms with Crippen molar-refractivity contribution in [2.75, 3.05) is 34.8 Å². The van der Waals surface area contributed by atoms with Gasteiger partial charge in [-0.25, -0.2) is 4.79 Å². The molecule has 1 aromatic carbocycles. The Balaban J connectivity index is 0.00000341. The lowest BCUT2D eigenvalue weighted by Crippen LogP contribution is -2.17. The largest absolute Gasteiger partial charge is 0.507 e. The third-order valence-corrected chi connectivity index (χ3v) is 5.08. The first-order valence-corrected chi connectivity index (χ1v) is 9.99. The van der Waals surface area contributed by atoms with E-state index >= 15 is 0 Å². The minimum atomic E-state index is -0.367. The van der Waals surface area contributed by atoms with Gasteiger partial charge in [0.1, 0.15) is 5.75 Å². The Labute approximate surface area is 214 Å². The van der Waals surface area contributed by atoms with Crippen LogP contribution in [-0.4, -0.2) is 65.2 Å². The van der Waals surface area contributed by atoms with E-state index in [9.17, 15) is 9.90 Å². The Hall–Kier alpha value is -2.03. The van der Waals surface area contributed by atoms with Crippen molar-refractivity contribution in [3.63, 3.8) is 0 Å². The summed E-state index contributed by atoms with van der Waals surface area (Å²) in [5, 5.41) is 12.0. The number of hydrogen-bond acceptors (Lipinski definition) is 6. The van der Waals surface area contributed by atoms with Crippen LogP contribution in [-0.2, 0) is 24.9 Å². The van der Waals surface area contributed by atoms with Gasteiger partial charge in [-0.1, -0.05) is 6.07 Å². The second-order valence-electron chi connectivity index (χ2n) is 7.96. The van der Waals surface area contributed by atoms with E-state index in [1.54, 1.807) is 19.3 Å². The minimum Gasteiger partial charge on any atom is -0.507 e. The highest BCUT2D eigenvalue weighted by molar-refractivity contribution is 6.09. The first-order valence-electron chi connectivity index (χ1n) is 9.99. The predicted octanol–water partition coefficient (Wildman–Crippen LogP) is 4.51. The van der Waals surface area contributed by atoms with Crippen molar-refractivity contribution in [3.8, 4) is 16.9 Å². The average molecular weight is 520 g/mol. The molecule has 0 aliphatic rings. The fourth-order valence-corrected chi connectivity index (χ4v) is 3.83. The molecule has 0 saturated carbocycles. The van der Waals surface area contributed by atoms with E-state index in [1.807, 2.05) is 67.8 Å². The fourth-order valence-electron chi connectivity index (χ4n) is 3.83. The number of esters is 1. The summed E-state index contributed by atoms with van der Waals surface area (Å²) in [5.41, 5.74) is 4.48. The van der Waals surface area contributed by atoms with Gasteiger partial charge in [0.2, 0.25) is 0 Å². The number of aromatic nitrogens is 2. The first-order chi connectivity index (χ1) is 14.3. The van der Waals surface area contributed by atoms with Gasteiger partial charge in [0.15, 0.2) is 0 Å². The highest BCUT2D eigenvalue weighted by Gasteiger charge is 2.28. The normalized spacial score (nSPS) is 10.5. The molecule has 0 spiro atoms. The average Bonchev–Trinajstić information content (AvgIpc) is 2.96. The van der Waals surface area contributed by atoms with Crippen molar-refractivity contribution >= 4 is 54.1 Å². The fraction of sp³-hybridized carbons (Fsp3) is 0.391. The minimum absolute atomic E-state index is 0. The highest BCUT2D eigenvalue weighted by Crippen LogP contribution is 2.41. The zero-order valence-corrected chi connectivity index (χ0v) is 22.2. The molecule has 0 aliphatic heterocycles. The van der Waals surface area contributed by atoms with Crippen LogP contribution < -0.4 is 0 Å². The van der Waals surface area contributed by atoms with Gasteiger partial charge in [0.05, 0.1) is 17.7 Å². The zero-order valence-electron chi connectivity index (χ0n) is 19.8. The SMILES string of the molecule is CCOC(=O)c1c(CN(C)C)n(C)c2cc(-c3cccnc3)c(O)c(CN(C)C)c12.Cl.Cl.Cl. The van der Waals surface area contributed by atoms with E-state index < -0.39 is 0 Å². The standard InChI is InChI=1S/C23H30N4O3.3ClH/c1-7-30-23(29)21-19(14-26(4)5)27(6)18-11-16(15-9-8-10-24-12-15)22(28)17(20(18)21)13-25(2)3;;;/h8-12,28H,7,13-14H2,1-6H3;3*1H. The van der Waals surface area contributed by atoms with Crippen LogP contribution in [0.3, 0.4) is 0 Å². The Kier molecular flexibility index (Phi) is 12.2. The summed E-state index contributed by atoms with van der Waals surface area (Å²) < 4.78 is 7.44. The van der Waals surface area contributed by atoms with Gasteiger partial charge in [-0.3, -0.25) is 4.98 Å². The number of nitrogens with zero attached hydrogens (tertiary/aromatic N) is 4. The van der Waals surface area contributed by atoms with E-state index in [2.05, 4.69) is 4.98 Å². The first kappa shape index (κ1) is 31.0. The van der Waals surface area contributed by atoms with Crippen LogP contribution >= 0.6 is 37.2 Å². The number of ether oxygens (including phenoxy) is 1. The molecule has 1 N–H and O–H groups in total. The monoisotopic (exact) mass is 518 g/mol. The molecule has 184 valence electrons. The number of carbonyl (C=O) groups is 1. The van der Waals surface area contributed by atoms with Crippen LogP contribution in [0, 0.1) is 0 Å². The molecule has 2 heterocycles. The quantitative estimate of drug-likeness (QED) is 0.463. The van der Waals surface area contributed by atoms with Gasteiger partial charge in [0, 0.05) is 60.3 Å². The van der Waals surface area contributed by atoms with Gasteiger partial charge >= 0.3 is 5.97 Å². The molecule has 3 rings (SSSR count). The highest BCUT2D eigenvalue weighted by atomic mass is 35.5. The van der Waals surface area contributed by atoms with Crippen LogP contribution in [0.25, 0.3) is 22.0 Å². The smallest absolute Gasteiger partial charge is 0.340 e. The molecule has 0 fully saturated rings. The molecule has 0 saturated heterocycles. The number of halogens is 3. The third-order valence-electron chi connectivity index (χ3n) is 5.08. The molecule has 0 aliphatic carbocycles. The molecule has 0 amide bonds. The summed E-state index contributed by atoms with van der Waals surface area (Å²) in [5.74, 6) is -0.203. The molecule has 0 radical (unpaired) electrons. The number of aromatic hydroxyl groups is 1. The van der Waals surface area contributed by atoms with Crippen molar-refractivity contribution in [1.82, 2.24) is 19.4 Å². The Morgan fingerprint density at radius 1 is 1.12 bits per heavy atom. The number of phenols is 1. The van der Waals surface area contributed by atoms with Crippen LogP contribution in [0.1, 0.15) is 28.5 Å². The van der Waals surface area contributed by atoms with Gasteiger partial charge in [-0.2, -0.15) is 0 Å². The summed E-state index contributed by atoms with van der Waals surface area (Å²) in [7, 11) is 9.76. The second kappa shape index (κ2) is 13.0. The van der Waals surface area contributed by atoms with Crippen LogP contribution in [0.2, 0.25) is 0 Å². The number of aryl methyl sites for hydroxylation is 1. The molecule has 33 heavy (non-hydrogen) atoms. The van der Waals surface area contributed by atoms with Crippen molar-refractivity contribution in [1.29, 1.82) is 0 Å². The summed E-state index contributed by atoms with van der Waals surface area (Å²) in [6, 6.07) is 5.70. The van der Waals surface area contributed by atoms with E-state index in [0.717, 1.165) is 22.2 Å². The maximum atomic E-state index is 13.0. The summed E-state index contributed by atoms with van der Waals surface area (Å²) >= 11 is 0. The van der Waals surface area contributed by atoms with E-state index in [-0.39, 0.29) is 48.9 Å². The molecule has 7 nitrogen and oxygen atoms in total. The van der Waals surface area contributed by atoms with Crippen LogP contribution in [0.5, 0.6) is 5.75 Å². The Bertz CT molecular complexity index is 1070. The number of phenolic OH excluding ortho intramolecular Hbond substituents is 1. The number of carbonyl (C=O) groups excluding carboxylic acids is 1. The van der Waals surface area contributed by atoms with Crippen molar-refractivity contribution in [2.24, 2.45) is 7.05 Å². The molecular formula is C23H33Cl3N4O3. The topological polar surface area (TPSA) is 70.8 Å². The number of rotatable bonds is 7. The molecule has 0 atom stereocenters. The van der Waals surface area contributed by atoms with Crippen LogP contribution in [0.15, 0.2) is 30.6 Å². The lowest BCUT2D eigenvalue weighted by Gasteiger charge is -2.17. The lowest BCUT2D eigenvalue weighted by molar-refractivity contribution is 0.0526. The zero-order chi connectivity index (χ0) is 22.0. The van der Waals surface area contributed by atoms with Gasteiger partial charge < -0.3 is 24.2 Å². The molecule has 0 bridgehead atoms. The molecule has 3 aromatic rings. The number of pyridine rings is 1. The van der Waals surface area contributed by atoms with E-state index in [1.165, 1.54) is 0 Å². The molecule has 0 unspecified atom stereocenters. The van der Waals surface area contributed by atoms with Crippen molar-refractivity contribution < 1.29 is 14.6 Å². The summed E-state index contributed by atoms with van der Waals surface area (Å²) in [6.07, 6.45) is 3.44. The predicted molar refractivity (Wildman–Crippen MR) is 140 cm³/mol. The number of fused-ring (bicyclic) bond motifs is 1. The van der Waals surface area contributed by atoms with E-state index in [0.29, 0.717) is 36.4 Å². The summed E-state index contributed by atoms with van der Waals surface area (Å²) in [6.45, 7) is 3.14. The van der Waals surface area contributed by atoms with Crippen LogP contribution in [0.4, 0.5) is 0 Å². The van der Waals surface area contributed by atoms with Gasteiger partial charge in [0.25, 0.3) is 0 Å². The maximum absolute atomic E-state index is 13.0. The maximum Gasteiger partial charge on any atom is 0.340 e.